The highest BCUT2D eigenvalue weighted by Crippen LogP contribution is 2.60. The SMILES string of the molecule is O=C(CCNC(=O)C12CC3CC(CC(C3)C1)C2)Nc1ccc(OC(F)F)c(Cl)c1. The standard InChI is InChI=1S/C21H25ClF2N2O3/c22-16-8-15(1-2-17(16)29-20(23)24)26-18(27)3-4-25-19(28)21-9-12-5-13(10-21)7-14(6-12)11-21/h1-2,8,12-14,20H,3-7,9-11H2,(H,25,28)(H,26,27). The highest BCUT2D eigenvalue weighted by Gasteiger charge is 2.54. The van der Waals surface area contributed by atoms with E-state index >= 15 is 0 Å². The predicted octanol–water partition coefficient (Wildman–Crippen LogP) is 4.60. The van der Waals surface area contributed by atoms with Crippen molar-refractivity contribution in [2.45, 2.75) is 51.6 Å². The van der Waals surface area contributed by atoms with Crippen molar-refractivity contribution in [3.63, 3.8) is 0 Å². The largest absolute Gasteiger partial charge is 0.433 e. The fraction of sp³-hybridized carbons (Fsp3) is 0.619. The van der Waals surface area contributed by atoms with Gasteiger partial charge in [-0.3, -0.25) is 9.59 Å². The minimum atomic E-state index is -2.97. The molecular formula is C21H25ClF2N2O3. The first-order chi connectivity index (χ1) is 13.8. The maximum Gasteiger partial charge on any atom is 0.387 e. The molecule has 5 rings (SSSR count). The molecule has 8 heteroatoms. The molecular weight excluding hydrogens is 402 g/mol. The Balaban J connectivity index is 1.25. The predicted molar refractivity (Wildman–Crippen MR) is 105 cm³/mol. The van der Waals surface area contributed by atoms with Crippen LogP contribution in [0.5, 0.6) is 5.75 Å². The molecule has 0 unspecified atom stereocenters. The van der Waals surface area contributed by atoms with Crippen LogP contribution in [0, 0.1) is 23.2 Å². The second-order valence-corrected chi connectivity index (χ2v) is 9.18. The van der Waals surface area contributed by atoms with Gasteiger partial charge in [0.15, 0.2) is 0 Å². The number of benzene rings is 1. The summed E-state index contributed by atoms with van der Waals surface area (Å²) in [4.78, 5) is 25.0. The van der Waals surface area contributed by atoms with E-state index < -0.39 is 6.61 Å². The van der Waals surface area contributed by atoms with Gasteiger partial charge in [-0.25, -0.2) is 0 Å². The Bertz CT molecular complexity index is 767. The number of hydrogen-bond acceptors (Lipinski definition) is 3. The molecule has 1 aromatic rings. The van der Waals surface area contributed by atoms with Crippen LogP contribution in [-0.2, 0) is 9.59 Å². The third-order valence-corrected chi connectivity index (χ3v) is 6.88. The molecule has 0 aliphatic heterocycles. The minimum absolute atomic E-state index is 0.0155. The van der Waals surface area contributed by atoms with E-state index in [1.54, 1.807) is 0 Å². The summed E-state index contributed by atoms with van der Waals surface area (Å²) >= 11 is 5.89. The first-order valence-electron chi connectivity index (χ1n) is 10.2. The minimum Gasteiger partial charge on any atom is -0.433 e. The van der Waals surface area contributed by atoms with Crippen LogP contribution >= 0.6 is 11.6 Å². The monoisotopic (exact) mass is 426 g/mol. The van der Waals surface area contributed by atoms with E-state index in [0.29, 0.717) is 23.4 Å². The highest BCUT2D eigenvalue weighted by molar-refractivity contribution is 6.32. The van der Waals surface area contributed by atoms with E-state index in [0.717, 1.165) is 19.3 Å². The van der Waals surface area contributed by atoms with Crippen LogP contribution in [0.2, 0.25) is 5.02 Å². The maximum absolute atomic E-state index is 12.9. The van der Waals surface area contributed by atoms with E-state index in [2.05, 4.69) is 15.4 Å². The average Bonchev–Trinajstić information content (AvgIpc) is 2.62. The molecule has 0 spiro atoms. The number of rotatable bonds is 7. The lowest BCUT2D eigenvalue weighted by molar-refractivity contribution is -0.146. The number of carbonyl (C=O) groups is 2. The van der Waals surface area contributed by atoms with Crippen LogP contribution < -0.4 is 15.4 Å². The van der Waals surface area contributed by atoms with Gasteiger partial charge in [0.1, 0.15) is 5.75 Å². The van der Waals surface area contributed by atoms with Crippen LogP contribution in [-0.4, -0.2) is 25.0 Å². The Hall–Kier alpha value is -1.89. The second kappa shape index (κ2) is 8.09. The number of nitrogens with one attached hydrogen (secondary N) is 2. The van der Waals surface area contributed by atoms with Gasteiger partial charge in [-0.05, 0) is 74.5 Å². The van der Waals surface area contributed by atoms with E-state index in [1.165, 1.54) is 37.5 Å². The number of halogens is 3. The molecule has 0 atom stereocenters. The normalized spacial score (nSPS) is 29.7. The summed E-state index contributed by atoms with van der Waals surface area (Å²) in [5, 5.41) is 5.61. The van der Waals surface area contributed by atoms with Gasteiger partial charge in [0.25, 0.3) is 0 Å². The van der Waals surface area contributed by atoms with Crippen LogP contribution in [0.25, 0.3) is 0 Å². The third-order valence-electron chi connectivity index (χ3n) is 6.59. The summed E-state index contributed by atoms with van der Waals surface area (Å²) in [5.41, 5.74) is 0.160. The van der Waals surface area contributed by atoms with E-state index in [9.17, 15) is 18.4 Å². The first kappa shape index (κ1) is 20.4. The van der Waals surface area contributed by atoms with Crippen molar-refractivity contribution >= 4 is 29.1 Å². The zero-order valence-electron chi connectivity index (χ0n) is 16.1. The third kappa shape index (κ3) is 4.49. The highest BCUT2D eigenvalue weighted by atomic mass is 35.5. The van der Waals surface area contributed by atoms with Crippen molar-refractivity contribution in [2.24, 2.45) is 23.2 Å². The lowest BCUT2D eigenvalue weighted by Gasteiger charge is -2.55. The summed E-state index contributed by atoms with van der Waals surface area (Å²) < 4.78 is 28.8. The van der Waals surface area contributed by atoms with Crippen LogP contribution in [0.4, 0.5) is 14.5 Å². The Labute approximate surface area is 173 Å². The molecule has 4 aliphatic rings. The molecule has 0 saturated heterocycles. The molecule has 4 aliphatic carbocycles. The summed E-state index contributed by atoms with van der Waals surface area (Å²) in [6, 6.07) is 4.07. The van der Waals surface area contributed by atoms with E-state index in [1.807, 2.05) is 0 Å². The molecule has 0 radical (unpaired) electrons. The quantitative estimate of drug-likeness (QED) is 0.669. The topological polar surface area (TPSA) is 67.4 Å². The van der Waals surface area contributed by atoms with Gasteiger partial charge in [-0.1, -0.05) is 11.6 Å². The molecule has 29 heavy (non-hydrogen) atoms. The number of amides is 2. The van der Waals surface area contributed by atoms with Crippen molar-refractivity contribution in [1.29, 1.82) is 0 Å². The molecule has 0 aromatic heterocycles. The van der Waals surface area contributed by atoms with Gasteiger partial charge in [-0.2, -0.15) is 8.78 Å². The lowest BCUT2D eigenvalue weighted by atomic mass is 9.49. The molecule has 4 saturated carbocycles. The summed E-state index contributed by atoms with van der Waals surface area (Å²) in [6.07, 6.45) is 6.93. The first-order valence-corrected chi connectivity index (χ1v) is 10.5. The maximum atomic E-state index is 12.9. The summed E-state index contributed by atoms with van der Waals surface area (Å²) in [7, 11) is 0. The van der Waals surface area contributed by atoms with Crippen molar-refractivity contribution in [3.8, 4) is 5.75 Å². The fourth-order valence-electron chi connectivity index (χ4n) is 5.86. The Morgan fingerprint density at radius 2 is 1.76 bits per heavy atom. The zero-order valence-corrected chi connectivity index (χ0v) is 16.8. The van der Waals surface area contributed by atoms with Gasteiger partial charge < -0.3 is 15.4 Å². The molecule has 4 fully saturated rings. The van der Waals surface area contributed by atoms with Gasteiger partial charge in [0, 0.05) is 24.1 Å². The summed E-state index contributed by atoms with van der Waals surface area (Å²) in [5.74, 6) is 1.74. The number of ether oxygens (including phenoxy) is 1. The molecule has 5 nitrogen and oxygen atoms in total. The number of hydrogen-bond donors (Lipinski definition) is 2. The number of carbonyl (C=O) groups excluding carboxylic acids is 2. The van der Waals surface area contributed by atoms with Crippen LogP contribution in [0.15, 0.2) is 18.2 Å². The van der Waals surface area contributed by atoms with Crippen molar-refractivity contribution in [1.82, 2.24) is 5.32 Å². The molecule has 1 aromatic carbocycles. The number of alkyl halides is 2. The fourth-order valence-corrected chi connectivity index (χ4v) is 6.08. The Kier molecular flexibility index (Phi) is 5.69. The Morgan fingerprint density at radius 1 is 1.14 bits per heavy atom. The van der Waals surface area contributed by atoms with E-state index in [4.69, 9.17) is 11.6 Å². The lowest BCUT2D eigenvalue weighted by Crippen LogP contribution is -2.53. The average molecular weight is 427 g/mol. The smallest absolute Gasteiger partial charge is 0.387 e. The molecule has 2 N–H and O–H groups in total. The molecule has 158 valence electrons. The van der Waals surface area contributed by atoms with Crippen molar-refractivity contribution in [2.75, 3.05) is 11.9 Å². The van der Waals surface area contributed by atoms with Gasteiger partial charge in [-0.15, -0.1) is 0 Å². The van der Waals surface area contributed by atoms with Crippen molar-refractivity contribution in [3.05, 3.63) is 23.2 Å². The molecule has 4 bridgehead atoms. The van der Waals surface area contributed by atoms with E-state index in [-0.39, 0.29) is 41.0 Å². The van der Waals surface area contributed by atoms with Crippen molar-refractivity contribution < 1.29 is 23.1 Å². The number of anilines is 1. The molecule has 0 heterocycles. The van der Waals surface area contributed by atoms with Gasteiger partial charge in [0.2, 0.25) is 11.8 Å². The molecule has 2 amide bonds. The van der Waals surface area contributed by atoms with Gasteiger partial charge >= 0.3 is 6.61 Å². The second-order valence-electron chi connectivity index (χ2n) is 8.78. The van der Waals surface area contributed by atoms with Gasteiger partial charge in [0.05, 0.1) is 5.02 Å². The van der Waals surface area contributed by atoms with Crippen LogP contribution in [0.1, 0.15) is 44.9 Å². The van der Waals surface area contributed by atoms with Crippen LogP contribution in [0.3, 0.4) is 0 Å². The zero-order chi connectivity index (χ0) is 20.6. The summed E-state index contributed by atoms with van der Waals surface area (Å²) in [6.45, 7) is -2.70. The Morgan fingerprint density at radius 3 is 2.31 bits per heavy atom.